The third-order valence-electron chi connectivity index (χ3n) is 3.94. The van der Waals surface area contributed by atoms with Gasteiger partial charge in [-0.3, -0.25) is 4.90 Å². The van der Waals surface area contributed by atoms with Crippen LogP contribution >= 0.6 is 11.3 Å². The van der Waals surface area contributed by atoms with Crippen molar-refractivity contribution in [1.29, 1.82) is 0 Å². The normalized spacial score (nSPS) is 16.5. The van der Waals surface area contributed by atoms with Gasteiger partial charge in [0.15, 0.2) is 0 Å². The van der Waals surface area contributed by atoms with Gasteiger partial charge in [0.1, 0.15) is 0 Å². The highest BCUT2D eigenvalue weighted by Crippen LogP contribution is 2.27. The molecule has 0 radical (unpaired) electrons. The van der Waals surface area contributed by atoms with Crippen molar-refractivity contribution in [2.24, 2.45) is 0 Å². The van der Waals surface area contributed by atoms with Crippen molar-refractivity contribution in [3.05, 3.63) is 46.5 Å². The molecule has 118 valence electrons. The van der Waals surface area contributed by atoms with Crippen molar-refractivity contribution >= 4 is 17.4 Å². The molecule has 1 aliphatic heterocycles. The van der Waals surface area contributed by atoms with E-state index in [9.17, 15) is 4.79 Å². The Morgan fingerprint density at radius 3 is 2.86 bits per heavy atom. The number of nitrogens with one attached hydrogen (secondary N) is 2. The van der Waals surface area contributed by atoms with E-state index in [2.05, 4.69) is 33.0 Å². The van der Waals surface area contributed by atoms with E-state index in [1.807, 2.05) is 6.07 Å². The summed E-state index contributed by atoms with van der Waals surface area (Å²) >= 11 is 1.76. The van der Waals surface area contributed by atoms with Crippen LogP contribution in [0.25, 0.3) is 0 Å². The molecule has 1 saturated heterocycles. The van der Waals surface area contributed by atoms with E-state index in [0.29, 0.717) is 13.1 Å². The summed E-state index contributed by atoms with van der Waals surface area (Å²) in [5.41, 5.74) is 0.962. The molecule has 1 atom stereocenters. The Labute approximate surface area is 134 Å². The second-order valence-corrected chi connectivity index (χ2v) is 6.45. The van der Waals surface area contributed by atoms with Crippen molar-refractivity contribution in [3.63, 3.8) is 0 Å². The Bertz CT molecular complexity index is 562. The third-order valence-corrected chi connectivity index (χ3v) is 4.92. The summed E-state index contributed by atoms with van der Waals surface area (Å²) in [5.74, 6) is 0. The quantitative estimate of drug-likeness (QED) is 0.860. The minimum absolute atomic E-state index is 0.137. The summed E-state index contributed by atoms with van der Waals surface area (Å²) in [7, 11) is 0. The van der Waals surface area contributed by atoms with Crippen LogP contribution in [-0.2, 0) is 6.54 Å². The van der Waals surface area contributed by atoms with Gasteiger partial charge in [-0.2, -0.15) is 0 Å². The lowest BCUT2D eigenvalue weighted by molar-refractivity contribution is 0.222. The molecule has 0 bridgehead atoms. The first-order valence-electron chi connectivity index (χ1n) is 7.63. The summed E-state index contributed by atoms with van der Waals surface area (Å²) in [4.78, 5) is 15.7. The summed E-state index contributed by atoms with van der Waals surface area (Å²) in [6.45, 7) is 3.34. The van der Waals surface area contributed by atoms with Gasteiger partial charge >= 0.3 is 6.03 Å². The highest BCUT2D eigenvalue weighted by molar-refractivity contribution is 7.10. The number of likely N-dealkylation sites (tertiary alicyclic amines) is 1. The zero-order valence-corrected chi connectivity index (χ0v) is 13.3. The molecule has 6 heteroatoms. The lowest BCUT2D eigenvalue weighted by Gasteiger charge is -2.26. The van der Waals surface area contributed by atoms with E-state index in [-0.39, 0.29) is 12.1 Å². The predicted octanol–water partition coefficient (Wildman–Crippen LogP) is 2.98. The van der Waals surface area contributed by atoms with Crippen molar-refractivity contribution in [2.45, 2.75) is 25.4 Å². The van der Waals surface area contributed by atoms with Crippen LogP contribution in [-0.4, -0.2) is 30.6 Å². The van der Waals surface area contributed by atoms with E-state index in [1.165, 1.54) is 17.7 Å². The second-order valence-electron chi connectivity index (χ2n) is 5.47. The number of carbonyl (C=O) groups is 1. The fourth-order valence-electron chi connectivity index (χ4n) is 2.77. The Balaban J connectivity index is 1.51. The van der Waals surface area contributed by atoms with Gasteiger partial charge in [0.05, 0.1) is 18.6 Å². The summed E-state index contributed by atoms with van der Waals surface area (Å²) in [6, 6.07) is 6.21. The Kier molecular flexibility index (Phi) is 5.13. The minimum atomic E-state index is -0.137. The predicted molar refractivity (Wildman–Crippen MR) is 86.8 cm³/mol. The maximum absolute atomic E-state index is 12.0. The summed E-state index contributed by atoms with van der Waals surface area (Å²) in [6.07, 6.45) is 5.73. The summed E-state index contributed by atoms with van der Waals surface area (Å²) in [5, 5.41) is 7.94. The third kappa shape index (κ3) is 3.90. The van der Waals surface area contributed by atoms with E-state index in [1.54, 1.807) is 23.9 Å². The molecule has 0 aliphatic carbocycles. The average molecular weight is 319 g/mol. The number of thiophene rings is 1. The molecule has 2 amide bonds. The number of nitrogens with zero attached hydrogens (tertiary/aromatic N) is 1. The molecule has 2 aromatic heterocycles. The Morgan fingerprint density at radius 1 is 1.32 bits per heavy atom. The van der Waals surface area contributed by atoms with E-state index < -0.39 is 0 Å². The number of hydrogen-bond acceptors (Lipinski definition) is 4. The summed E-state index contributed by atoms with van der Waals surface area (Å²) < 4.78 is 4.98. The van der Waals surface area contributed by atoms with Crippen molar-refractivity contribution in [3.8, 4) is 0 Å². The van der Waals surface area contributed by atoms with Gasteiger partial charge in [-0.25, -0.2) is 4.79 Å². The van der Waals surface area contributed by atoms with Gasteiger partial charge in [-0.15, -0.1) is 11.3 Å². The van der Waals surface area contributed by atoms with Gasteiger partial charge < -0.3 is 15.1 Å². The zero-order valence-electron chi connectivity index (χ0n) is 12.5. The topological polar surface area (TPSA) is 57.5 Å². The molecule has 3 rings (SSSR count). The van der Waals surface area contributed by atoms with Crippen LogP contribution in [0.5, 0.6) is 0 Å². The largest absolute Gasteiger partial charge is 0.472 e. The molecule has 3 heterocycles. The highest BCUT2D eigenvalue weighted by Gasteiger charge is 2.24. The van der Waals surface area contributed by atoms with Crippen LogP contribution in [0.15, 0.2) is 40.5 Å². The highest BCUT2D eigenvalue weighted by atomic mass is 32.1. The molecular formula is C16H21N3O2S. The zero-order chi connectivity index (χ0) is 15.2. The van der Waals surface area contributed by atoms with Crippen LogP contribution in [0.2, 0.25) is 0 Å². The molecule has 2 N–H and O–H groups in total. The molecule has 2 aromatic rings. The Morgan fingerprint density at radius 2 is 2.18 bits per heavy atom. The average Bonchev–Trinajstić information content (AvgIpc) is 3.27. The fourth-order valence-corrected chi connectivity index (χ4v) is 3.63. The number of urea groups is 1. The van der Waals surface area contributed by atoms with Crippen molar-refractivity contribution in [2.75, 3.05) is 19.6 Å². The van der Waals surface area contributed by atoms with Gasteiger partial charge in [0.25, 0.3) is 0 Å². The first-order chi connectivity index (χ1) is 10.8. The van der Waals surface area contributed by atoms with Gasteiger partial charge in [0.2, 0.25) is 0 Å². The molecular weight excluding hydrogens is 298 g/mol. The van der Waals surface area contributed by atoms with Gasteiger partial charge in [-0.1, -0.05) is 6.07 Å². The van der Waals surface area contributed by atoms with E-state index >= 15 is 0 Å². The molecule has 5 nitrogen and oxygen atoms in total. The lowest BCUT2D eigenvalue weighted by atomic mass is 10.2. The number of hydrogen-bond donors (Lipinski definition) is 2. The molecule has 22 heavy (non-hydrogen) atoms. The number of carbonyl (C=O) groups excluding carboxylic acids is 1. The van der Waals surface area contributed by atoms with Crippen molar-refractivity contribution < 1.29 is 9.21 Å². The maximum atomic E-state index is 12.0. The van der Waals surface area contributed by atoms with E-state index in [4.69, 9.17) is 4.42 Å². The SMILES string of the molecule is O=C(NCc1ccoc1)NCC(c1cccs1)N1CCCC1. The second kappa shape index (κ2) is 7.47. The fraction of sp³-hybridized carbons (Fsp3) is 0.438. The van der Waals surface area contributed by atoms with Crippen LogP contribution in [0.4, 0.5) is 4.79 Å². The number of rotatable bonds is 6. The molecule has 0 saturated carbocycles. The number of furan rings is 1. The molecule has 1 unspecified atom stereocenters. The molecule has 1 aliphatic rings. The first-order valence-corrected chi connectivity index (χ1v) is 8.51. The molecule has 1 fully saturated rings. The van der Waals surface area contributed by atoms with Crippen LogP contribution in [0.3, 0.4) is 0 Å². The lowest BCUT2D eigenvalue weighted by Crippen LogP contribution is -2.41. The first kappa shape index (κ1) is 15.1. The van der Waals surface area contributed by atoms with E-state index in [0.717, 1.165) is 18.7 Å². The Hall–Kier alpha value is -1.79. The maximum Gasteiger partial charge on any atom is 0.315 e. The van der Waals surface area contributed by atoms with Crippen LogP contribution < -0.4 is 10.6 Å². The monoisotopic (exact) mass is 319 g/mol. The smallest absolute Gasteiger partial charge is 0.315 e. The van der Waals surface area contributed by atoms with Gasteiger partial charge in [0, 0.05) is 23.5 Å². The number of amides is 2. The van der Waals surface area contributed by atoms with Crippen molar-refractivity contribution in [1.82, 2.24) is 15.5 Å². The van der Waals surface area contributed by atoms with Gasteiger partial charge in [-0.05, 0) is 43.4 Å². The van der Waals surface area contributed by atoms with Crippen LogP contribution in [0.1, 0.15) is 29.3 Å². The molecule has 0 spiro atoms. The minimum Gasteiger partial charge on any atom is -0.472 e. The molecule has 0 aromatic carbocycles. The van der Waals surface area contributed by atoms with Crippen LogP contribution in [0, 0.1) is 0 Å². The standard InChI is InChI=1S/C16H21N3O2S/c20-16(17-10-13-5-8-21-12-13)18-11-14(15-4-3-9-22-15)19-6-1-2-7-19/h3-5,8-9,12,14H,1-2,6-7,10-11H2,(H2,17,18,20).